The van der Waals surface area contributed by atoms with Gasteiger partial charge in [-0.2, -0.15) is 0 Å². The van der Waals surface area contributed by atoms with Gasteiger partial charge in [0.2, 0.25) is 0 Å². The van der Waals surface area contributed by atoms with Crippen molar-refractivity contribution in [1.82, 2.24) is 4.90 Å². The molecule has 0 aliphatic carbocycles. The summed E-state index contributed by atoms with van der Waals surface area (Å²) in [5.74, 6) is -0.764. The summed E-state index contributed by atoms with van der Waals surface area (Å²) in [6.45, 7) is 2.24. The van der Waals surface area contributed by atoms with Crippen LogP contribution in [0.2, 0.25) is 0 Å². The van der Waals surface area contributed by atoms with Gasteiger partial charge in [0.1, 0.15) is 6.04 Å². The highest BCUT2D eigenvalue weighted by Gasteiger charge is 2.32. The van der Waals surface area contributed by atoms with Gasteiger partial charge in [-0.1, -0.05) is 24.3 Å². The van der Waals surface area contributed by atoms with Gasteiger partial charge in [0.15, 0.2) is 0 Å². The molecule has 18 heavy (non-hydrogen) atoms. The van der Waals surface area contributed by atoms with Crippen LogP contribution < -0.4 is 0 Å². The molecule has 1 unspecified atom stereocenters. The van der Waals surface area contributed by atoms with Crippen LogP contribution in [0.25, 0.3) is 0 Å². The van der Waals surface area contributed by atoms with Crippen molar-refractivity contribution in [3.63, 3.8) is 0 Å². The van der Waals surface area contributed by atoms with Gasteiger partial charge in [0.05, 0.1) is 0 Å². The van der Waals surface area contributed by atoms with E-state index in [9.17, 15) is 9.90 Å². The second-order valence-electron chi connectivity index (χ2n) is 4.57. The van der Waals surface area contributed by atoms with Crippen LogP contribution in [0.3, 0.4) is 0 Å². The van der Waals surface area contributed by atoms with Crippen LogP contribution in [0.5, 0.6) is 0 Å². The van der Waals surface area contributed by atoms with Crippen molar-refractivity contribution in [2.45, 2.75) is 18.9 Å². The number of carbonyl (C=O) groups is 1. The smallest absolute Gasteiger partial charge is 0.325 e. The van der Waals surface area contributed by atoms with Crippen LogP contribution in [-0.2, 0) is 16.0 Å². The lowest BCUT2D eigenvalue weighted by Crippen LogP contribution is -2.40. The molecule has 0 saturated carbocycles. The minimum atomic E-state index is -0.764. The standard InChI is InChI=1S/C14H19NO3/c1-18-10-4-8-15-9-7-11-5-2-3-6-12(11)13(15)14(16)17/h2-3,5-6,13H,4,7-10H2,1H3,(H,16,17). The Hall–Kier alpha value is -1.39. The Balaban J connectivity index is 2.16. The highest BCUT2D eigenvalue weighted by atomic mass is 16.5. The number of carboxylic acid groups (broad SMARTS) is 1. The lowest BCUT2D eigenvalue weighted by atomic mass is 9.92. The number of hydrogen-bond donors (Lipinski definition) is 1. The van der Waals surface area contributed by atoms with E-state index in [1.807, 2.05) is 29.2 Å². The molecule has 2 rings (SSSR count). The Kier molecular flexibility index (Phi) is 4.33. The van der Waals surface area contributed by atoms with Crippen molar-refractivity contribution in [2.75, 3.05) is 26.8 Å². The number of benzene rings is 1. The fraction of sp³-hybridized carbons (Fsp3) is 0.500. The van der Waals surface area contributed by atoms with Crippen LogP contribution in [0.1, 0.15) is 23.6 Å². The molecule has 0 amide bonds. The van der Waals surface area contributed by atoms with E-state index in [1.54, 1.807) is 7.11 Å². The number of rotatable bonds is 5. The molecule has 0 radical (unpaired) electrons. The molecule has 1 aliphatic rings. The highest BCUT2D eigenvalue weighted by molar-refractivity contribution is 5.76. The molecule has 1 heterocycles. The normalized spacial score (nSPS) is 19.5. The Morgan fingerprint density at radius 1 is 1.50 bits per heavy atom. The van der Waals surface area contributed by atoms with Crippen molar-refractivity contribution in [1.29, 1.82) is 0 Å². The van der Waals surface area contributed by atoms with Crippen molar-refractivity contribution in [3.05, 3.63) is 35.4 Å². The largest absolute Gasteiger partial charge is 0.480 e. The van der Waals surface area contributed by atoms with E-state index in [1.165, 1.54) is 0 Å². The van der Waals surface area contributed by atoms with Crippen molar-refractivity contribution < 1.29 is 14.6 Å². The number of hydrogen-bond acceptors (Lipinski definition) is 3. The number of ether oxygens (including phenoxy) is 1. The van der Waals surface area contributed by atoms with Gasteiger partial charge in [-0.25, -0.2) is 0 Å². The zero-order valence-electron chi connectivity index (χ0n) is 10.6. The summed E-state index contributed by atoms with van der Waals surface area (Å²) < 4.78 is 5.02. The Labute approximate surface area is 107 Å². The lowest BCUT2D eigenvalue weighted by Gasteiger charge is -2.34. The first-order chi connectivity index (χ1) is 8.74. The molecule has 4 heteroatoms. The molecule has 0 aromatic heterocycles. The summed E-state index contributed by atoms with van der Waals surface area (Å²) in [7, 11) is 1.67. The van der Waals surface area contributed by atoms with Gasteiger partial charge >= 0.3 is 5.97 Å². The van der Waals surface area contributed by atoms with Gasteiger partial charge in [0, 0.05) is 26.8 Å². The van der Waals surface area contributed by atoms with Crippen LogP contribution >= 0.6 is 0 Å². The lowest BCUT2D eigenvalue weighted by molar-refractivity contribution is -0.144. The maximum atomic E-state index is 11.5. The fourth-order valence-electron chi connectivity index (χ4n) is 2.56. The van der Waals surface area contributed by atoms with Gasteiger partial charge < -0.3 is 9.84 Å². The molecular weight excluding hydrogens is 230 g/mol. The predicted octanol–water partition coefficient (Wildman–Crippen LogP) is 1.71. The average molecular weight is 249 g/mol. The molecular formula is C14H19NO3. The molecule has 0 saturated heterocycles. The number of fused-ring (bicyclic) bond motifs is 1. The van der Waals surface area contributed by atoms with E-state index in [0.717, 1.165) is 37.1 Å². The van der Waals surface area contributed by atoms with Crippen LogP contribution in [0, 0.1) is 0 Å². The van der Waals surface area contributed by atoms with Gasteiger partial charge in [-0.15, -0.1) is 0 Å². The van der Waals surface area contributed by atoms with Crippen molar-refractivity contribution in [2.24, 2.45) is 0 Å². The molecule has 0 bridgehead atoms. The molecule has 1 N–H and O–H groups in total. The number of methoxy groups -OCH3 is 1. The summed E-state index contributed by atoms with van der Waals surface area (Å²) in [5.41, 5.74) is 2.10. The Morgan fingerprint density at radius 2 is 2.28 bits per heavy atom. The van der Waals surface area contributed by atoms with Crippen LogP contribution in [0.4, 0.5) is 0 Å². The second-order valence-corrected chi connectivity index (χ2v) is 4.57. The third-order valence-corrected chi connectivity index (χ3v) is 3.41. The molecule has 1 aromatic carbocycles. The summed E-state index contributed by atoms with van der Waals surface area (Å²) >= 11 is 0. The Morgan fingerprint density at radius 3 is 3.00 bits per heavy atom. The van der Waals surface area contributed by atoms with Gasteiger partial charge in [-0.05, 0) is 24.0 Å². The maximum Gasteiger partial charge on any atom is 0.325 e. The van der Waals surface area contributed by atoms with Crippen LogP contribution in [-0.4, -0.2) is 42.8 Å². The third-order valence-electron chi connectivity index (χ3n) is 3.41. The molecule has 0 spiro atoms. The van der Waals surface area contributed by atoms with Crippen molar-refractivity contribution in [3.8, 4) is 0 Å². The third kappa shape index (κ3) is 2.71. The van der Waals surface area contributed by atoms with E-state index in [2.05, 4.69) is 0 Å². The van der Waals surface area contributed by atoms with E-state index in [-0.39, 0.29) is 0 Å². The molecule has 1 atom stereocenters. The zero-order valence-corrected chi connectivity index (χ0v) is 10.6. The minimum absolute atomic E-state index is 0.508. The quantitative estimate of drug-likeness (QED) is 0.807. The van der Waals surface area contributed by atoms with E-state index in [0.29, 0.717) is 6.61 Å². The fourth-order valence-corrected chi connectivity index (χ4v) is 2.56. The highest BCUT2D eigenvalue weighted by Crippen LogP contribution is 2.29. The van der Waals surface area contributed by atoms with Gasteiger partial charge in [0.25, 0.3) is 0 Å². The first-order valence-corrected chi connectivity index (χ1v) is 6.27. The summed E-state index contributed by atoms with van der Waals surface area (Å²) in [6.07, 6.45) is 1.79. The second kappa shape index (κ2) is 5.98. The monoisotopic (exact) mass is 249 g/mol. The number of carboxylic acids is 1. The van der Waals surface area contributed by atoms with Crippen molar-refractivity contribution >= 4 is 5.97 Å². The SMILES string of the molecule is COCCCN1CCc2ccccc2C1C(=O)O. The average Bonchev–Trinajstić information content (AvgIpc) is 2.38. The minimum Gasteiger partial charge on any atom is -0.480 e. The zero-order chi connectivity index (χ0) is 13.0. The number of nitrogens with zero attached hydrogens (tertiary/aromatic N) is 1. The Bertz CT molecular complexity index is 419. The number of aliphatic carboxylic acids is 1. The molecule has 1 aliphatic heterocycles. The summed E-state index contributed by atoms with van der Waals surface area (Å²) in [5, 5.41) is 9.44. The molecule has 4 nitrogen and oxygen atoms in total. The van der Waals surface area contributed by atoms with E-state index in [4.69, 9.17) is 4.74 Å². The maximum absolute atomic E-state index is 11.5. The first-order valence-electron chi connectivity index (χ1n) is 6.27. The molecule has 1 aromatic rings. The van der Waals surface area contributed by atoms with Gasteiger partial charge in [-0.3, -0.25) is 9.69 Å². The topological polar surface area (TPSA) is 49.8 Å². The first kappa shape index (κ1) is 13.1. The molecule has 98 valence electrons. The van der Waals surface area contributed by atoms with E-state index >= 15 is 0 Å². The molecule has 0 fully saturated rings. The summed E-state index contributed by atoms with van der Waals surface area (Å²) in [4.78, 5) is 13.5. The summed E-state index contributed by atoms with van der Waals surface area (Å²) in [6, 6.07) is 7.33. The predicted molar refractivity (Wildman–Crippen MR) is 68.6 cm³/mol. The van der Waals surface area contributed by atoms with Crippen LogP contribution in [0.15, 0.2) is 24.3 Å². The van der Waals surface area contributed by atoms with E-state index < -0.39 is 12.0 Å².